The van der Waals surface area contributed by atoms with Gasteiger partial charge in [-0.05, 0) is 35.8 Å². The number of alkyl halides is 3. The first kappa shape index (κ1) is 15.4. The highest BCUT2D eigenvalue weighted by Gasteiger charge is 2.33. The number of thioether (sulfide) groups is 1. The monoisotopic (exact) mass is 278 g/mol. The summed E-state index contributed by atoms with van der Waals surface area (Å²) in [5.74, 6) is 1.14. The third-order valence-corrected chi connectivity index (χ3v) is 3.59. The highest BCUT2D eigenvalue weighted by atomic mass is 32.2. The SMILES string of the molecule is CC(C)CCSc1ccc(CO)cc1C(F)(F)F. The van der Waals surface area contributed by atoms with E-state index in [9.17, 15) is 13.2 Å². The molecule has 1 rings (SSSR count). The largest absolute Gasteiger partial charge is 0.417 e. The molecule has 0 aliphatic heterocycles. The van der Waals surface area contributed by atoms with E-state index in [1.54, 1.807) is 0 Å². The van der Waals surface area contributed by atoms with Gasteiger partial charge in [-0.3, -0.25) is 0 Å². The molecule has 0 aliphatic rings. The van der Waals surface area contributed by atoms with Crippen molar-refractivity contribution in [2.75, 3.05) is 5.75 Å². The minimum Gasteiger partial charge on any atom is -0.392 e. The maximum Gasteiger partial charge on any atom is 0.417 e. The molecule has 18 heavy (non-hydrogen) atoms. The van der Waals surface area contributed by atoms with Gasteiger partial charge in [-0.25, -0.2) is 0 Å². The lowest BCUT2D eigenvalue weighted by Gasteiger charge is -2.14. The van der Waals surface area contributed by atoms with Crippen molar-refractivity contribution in [1.29, 1.82) is 0 Å². The van der Waals surface area contributed by atoms with Crippen molar-refractivity contribution in [3.8, 4) is 0 Å². The molecule has 0 aliphatic carbocycles. The fourth-order valence-electron chi connectivity index (χ4n) is 1.43. The molecule has 0 spiro atoms. The van der Waals surface area contributed by atoms with Gasteiger partial charge in [-0.15, -0.1) is 11.8 Å². The van der Waals surface area contributed by atoms with Crippen LogP contribution in [0.1, 0.15) is 31.4 Å². The van der Waals surface area contributed by atoms with Crippen LogP contribution in [-0.2, 0) is 12.8 Å². The van der Waals surface area contributed by atoms with Gasteiger partial charge in [-0.1, -0.05) is 19.9 Å². The Balaban J connectivity index is 2.89. The number of halogens is 3. The molecule has 0 saturated carbocycles. The summed E-state index contributed by atoms with van der Waals surface area (Å²) >= 11 is 1.22. The first-order valence-electron chi connectivity index (χ1n) is 5.78. The molecular weight excluding hydrogens is 261 g/mol. The Morgan fingerprint density at radius 2 is 1.94 bits per heavy atom. The number of aliphatic hydroxyl groups excluding tert-OH is 1. The van der Waals surface area contributed by atoms with Crippen LogP contribution in [0.4, 0.5) is 13.2 Å². The molecule has 1 N–H and O–H groups in total. The Kier molecular flexibility index (Phi) is 5.53. The van der Waals surface area contributed by atoms with Gasteiger partial charge in [0.15, 0.2) is 0 Å². The van der Waals surface area contributed by atoms with E-state index < -0.39 is 11.7 Å². The van der Waals surface area contributed by atoms with Crippen LogP contribution < -0.4 is 0 Å². The van der Waals surface area contributed by atoms with Gasteiger partial charge in [0.05, 0.1) is 12.2 Å². The fourth-order valence-corrected chi connectivity index (χ4v) is 2.73. The van der Waals surface area contributed by atoms with Crippen LogP contribution in [0.25, 0.3) is 0 Å². The Hall–Kier alpha value is -0.680. The van der Waals surface area contributed by atoms with E-state index in [0.717, 1.165) is 12.5 Å². The van der Waals surface area contributed by atoms with Gasteiger partial charge in [0.2, 0.25) is 0 Å². The van der Waals surface area contributed by atoms with E-state index in [1.165, 1.54) is 23.9 Å². The van der Waals surface area contributed by atoms with Gasteiger partial charge < -0.3 is 5.11 Å². The average molecular weight is 278 g/mol. The molecule has 102 valence electrons. The van der Waals surface area contributed by atoms with Crippen molar-refractivity contribution in [3.05, 3.63) is 29.3 Å². The second-order valence-corrected chi connectivity index (χ2v) is 5.65. The lowest BCUT2D eigenvalue weighted by molar-refractivity contribution is -0.139. The molecule has 0 unspecified atom stereocenters. The molecule has 0 heterocycles. The van der Waals surface area contributed by atoms with E-state index in [4.69, 9.17) is 5.11 Å². The summed E-state index contributed by atoms with van der Waals surface area (Å²) < 4.78 is 38.6. The van der Waals surface area contributed by atoms with Crippen LogP contribution in [0.5, 0.6) is 0 Å². The summed E-state index contributed by atoms with van der Waals surface area (Å²) in [6, 6.07) is 4.00. The molecule has 0 aromatic heterocycles. The normalized spacial score (nSPS) is 12.2. The smallest absolute Gasteiger partial charge is 0.392 e. The molecule has 1 aromatic rings. The highest BCUT2D eigenvalue weighted by Crippen LogP contribution is 2.37. The van der Waals surface area contributed by atoms with E-state index in [0.29, 0.717) is 11.7 Å². The molecule has 0 fully saturated rings. The maximum atomic E-state index is 12.9. The highest BCUT2D eigenvalue weighted by molar-refractivity contribution is 7.99. The maximum absolute atomic E-state index is 12.9. The number of aliphatic hydroxyl groups is 1. The molecule has 0 atom stereocenters. The average Bonchev–Trinajstić information content (AvgIpc) is 2.27. The van der Waals surface area contributed by atoms with Crippen LogP contribution in [0.3, 0.4) is 0 Å². The molecule has 0 radical (unpaired) electrons. The molecule has 1 nitrogen and oxygen atoms in total. The van der Waals surface area contributed by atoms with Crippen LogP contribution >= 0.6 is 11.8 Å². The van der Waals surface area contributed by atoms with Crippen molar-refractivity contribution < 1.29 is 18.3 Å². The number of hydrogen-bond acceptors (Lipinski definition) is 2. The third kappa shape index (κ3) is 4.53. The minimum absolute atomic E-state index is 0.236. The summed E-state index contributed by atoms with van der Waals surface area (Å²) in [5.41, 5.74) is -0.363. The van der Waals surface area contributed by atoms with E-state index in [-0.39, 0.29) is 17.1 Å². The quantitative estimate of drug-likeness (QED) is 0.809. The standard InChI is InChI=1S/C13H17F3OS/c1-9(2)5-6-18-12-4-3-10(8-17)7-11(12)13(14,15)16/h3-4,7,9,17H,5-6,8H2,1-2H3. The molecule has 0 bridgehead atoms. The summed E-state index contributed by atoms with van der Waals surface area (Å²) in [5, 5.41) is 8.89. The number of rotatable bonds is 5. The van der Waals surface area contributed by atoms with Crippen LogP contribution in [0.2, 0.25) is 0 Å². The van der Waals surface area contributed by atoms with Crippen molar-refractivity contribution >= 4 is 11.8 Å². The van der Waals surface area contributed by atoms with E-state index in [1.807, 2.05) is 13.8 Å². The van der Waals surface area contributed by atoms with Gasteiger partial charge in [0.1, 0.15) is 0 Å². The number of hydrogen-bond donors (Lipinski definition) is 1. The summed E-state index contributed by atoms with van der Waals surface area (Å²) in [6.45, 7) is 3.71. The Morgan fingerprint density at radius 3 is 2.44 bits per heavy atom. The zero-order valence-corrected chi connectivity index (χ0v) is 11.2. The minimum atomic E-state index is -4.37. The Bertz CT molecular complexity index is 388. The lowest BCUT2D eigenvalue weighted by Crippen LogP contribution is -2.08. The first-order valence-corrected chi connectivity index (χ1v) is 6.77. The first-order chi connectivity index (χ1) is 8.34. The zero-order valence-electron chi connectivity index (χ0n) is 10.4. The second-order valence-electron chi connectivity index (χ2n) is 4.52. The molecule has 0 amide bonds. The van der Waals surface area contributed by atoms with Gasteiger partial charge in [0, 0.05) is 4.90 Å². The van der Waals surface area contributed by atoms with Gasteiger partial charge in [0.25, 0.3) is 0 Å². The molecular formula is C13H17F3OS. The summed E-state index contributed by atoms with van der Waals surface area (Å²) in [6.07, 6.45) is -3.49. The second kappa shape index (κ2) is 6.48. The van der Waals surface area contributed by atoms with Crippen molar-refractivity contribution in [1.82, 2.24) is 0 Å². The predicted octanol–water partition coefficient (Wildman–Crippen LogP) is 4.34. The molecule has 0 saturated heterocycles. The molecule has 5 heteroatoms. The third-order valence-electron chi connectivity index (χ3n) is 2.48. The summed E-state index contributed by atoms with van der Waals surface area (Å²) in [4.78, 5) is 0.236. The van der Waals surface area contributed by atoms with Crippen LogP contribution in [0, 0.1) is 5.92 Å². The fraction of sp³-hybridized carbons (Fsp3) is 0.538. The number of benzene rings is 1. The van der Waals surface area contributed by atoms with Crippen molar-refractivity contribution in [3.63, 3.8) is 0 Å². The van der Waals surface area contributed by atoms with E-state index >= 15 is 0 Å². The zero-order chi connectivity index (χ0) is 13.8. The van der Waals surface area contributed by atoms with Crippen LogP contribution in [0.15, 0.2) is 23.1 Å². The summed E-state index contributed by atoms with van der Waals surface area (Å²) in [7, 11) is 0. The van der Waals surface area contributed by atoms with E-state index in [2.05, 4.69) is 0 Å². The lowest BCUT2D eigenvalue weighted by atomic mass is 10.1. The van der Waals surface area contributed by atoms with Gasteiger partial charge in [-0.2, -0.15) is 13.2 Å². The predicted molar refractivity (Wildman–Crippen MR) is 67.5 cm³/mol. The topological polar surface area (TPSA) is 20.2 Å². The van der Waals surface area contributed by atoms with Gasteiger partial charge >= 0.3 is 6.18 Å². The Morgan fingerprint density at radius 1 is 1.28 bits per heavy atom. The van der Waals surface area contributed by atoms with Crippen LogP contribution in [-0.4, -0.2) is 10.9 Å². The van der Waals surface area contributed by atoms with Crippen molar-refractivity contribution in [2.24, 2.45) is 5.92 Å². The Labute approximate surface area is 109 Å². The van der Waals surface area contributed by atoms with Crippen molar-refractivity contribution in [2.45, 2.75) is 37.9 Å². The molecule has 1 aromatic carbocycles.